The Balaban J connectivity index is 1.98. The van der Waals surface area contributed by atoms with Crippen LogP contribution in [0.15, 0.2) is 24.3 Å². The molecule has 0 aliphatic heterocycles. The highest BCUT2D eigenvalue weighted by Crippen LogP contribution is 2.51. The minimum atomic E-state index is 0.0381. The molecule has 1 amide bonds. The first kappa shape index (κ1) is 14.9. The quantitative estimate of drug-likeness (QED) is 0.796. The smallest absolute Gasteiger partial charge is 0.253 e. The van der Waals surface area contributed by atoms with Gasteiger partial charge in [-0.15, -0.1) is 0 Å². The van der Waals surface area contributed by atoms with E-state index in [2.05, 4.69) is 31.4 Å². The zero-order valence-electron chi connectivity index (χ0n) is 12.8. The number of hydrogen-bond donors (Lipinski definition) is 2. The maximum Gasteiger partial charge on any atom is 0.253 e. The summed E-state index contributed by atoms with van der Waals surface area (Å²) in [4.78, 5) is 12.4. The van der Waals surface area contributed by atoms with Crippen molar-refractivity contribution < 1.29 is 4.79 Å². The molecule has 0 saturated heterocycles. The fourth-order valence-electron chi connectivity index (χ4n) is 2.57. The lowest BCUT2D eigenvalue weighted by atomic mass is 9.92. The first-order chi connectivity index (χ1) is 9.59. The Morgan fingerprint density at radius 3 is 2.60 bits per heavy atom. The van der Waals surface area contributed by atoms with E-state index in [0.29, 0.717) is 11.3 Å². The summed E-state index contributed by atoms with van der Waals surface area (Å²) in [5.41, 5.74) is 2.03. The summed E-state index contributed by atoms with van der Waals surface area (Å²) in [7, 11) is 0. The van der Waals surface area contributed by atoms with E-state index in [1.54, 1.807) is 0 Å². The van der Waals surface area contributed by atoms with Crippen LogP contribution in [-0.4, -0.2) is 19.0 Å². The topological polar surface area (TPSA) is 41.1 Å². The summed E-state index contributed by atoms with van der Waals surface area (Å²) in [6.45, 7) is 8.30. The summed E-state index contributed by atoms with van der Waals surface area (Å²) in [6.07, 6.45) is 3.52. The van der Waals surface area contributed by atoms with Gasteiger partial charge >= 0.3 is 0 Å². The molecule has 20 heavy (non-hydrogen) atoms. The van der Waals surface area contributed by atoms with Crippen molar-refractivity contribution >= 4 is 11.6 Å². The molecule has 3 nitrogen and oxygen atoms in total. The molecule has 2 N–H and O–H groups in total. The monoisotopic (exact) mass is 274 g/mol. The molecule has 1 saturated carbocycles. The molecule has 0 bridgehead atoms. The normalized spacial score (nSPS) is 16.0. The van der Waals surface area contributed by atoms with Crippen LogP contribution >= 0.6 is 0 Å². The molecule has 1 aliphatic rings. The van der Waals surface area contributed by atoms with Crippen LogP contribution in [0.3, 0.4) is 0 Å². The van der Waals surface area contributed by atoms with E-state index in [1.165, 1.54) is 12.8 Å². The summed E-state index contributed by atoms with van der Waals surface area (Å²) >= 11 is 0. The molecule has 1 aliphatic carbocycles. The van der Waals surface area contributed by atoms with Crippen LogP contribution in [0.4, 0.5) is 5.69 Å². The second kappa shape index (κ2) is 6.29. The second-order valence-electron chi connectivity index (χ2n) is 6.17. The molecule has 1 aromatic carbocycles. The van der Waals surface area contributed by atoms with Gasteiger partial charge in [0.1, 0.15) is 0 Å². The Kier molecular flexibility index (Phi) is 4.69. The fraction of sp³-hybridized carbons (Fsp3) is 0.588. The molecule has 0 radical (unpaired) electrons. The van der Waals surface area contributed by atoms with Crippen LogP contribution in [0.1, 0.15) is 50.4 Å². The van der Waals surface area contributed by atoms with Gasteiger partial charge in [-0.2, -0.15) is 0 Å². The van der Waals surface area contributed by atoms with Gasteiger partial charge in [-0.3, -0.25) is 4.79 Å². The van der Waals surface area contributed by atoms with Crippen molar-refractivity contribution in [2.45, 2.75) is 40.0 Å². The minimum Gasteiger partial charge on any atom is -0.384 e. The van der Waals surface area contributed by atoms with E-state index in [-0.39, 0.29) is 5.91 Å². The third-order valence-electron chi connectivity index (χ3n) is 4.46. The number of amides is 1. The van der Waals surface area contributed by atoms with Gasteiger partial charge in [-0.05, 0) is 42.7 Å². The first-order valence-corrected chi connectivity index (χ1v) is 7.70. The summed E-state index contributed by atoms with van der Waals surface area (Å²) in [6, 6.07) is 7.74. The van der Waals surface area contributed by atoms with Gasteiger partial charge in [0.05, 0.1) is 5.56 Å². The average Bonchev–Trinajstić information content (AvgIpc) is 3.24. The van der Waals surface area contributed by atoms with E-state index in [4.69, 9.17) is 0 Å². The van der Waals surface area contributed by atoms with E-state index < -0.39 is 0 Å². The van der Waals surface area contributed by atoms with Crippen molar-refractivity contribution in [3.05, 3.63) is 29.8 Å². The summed E-state index contributed by atoms with van der Waals surface area (Å²) in [5, 5.41) is 6.44. The lowest BCUT2D eigenvalue weighted by molar-refractivity contribution is 0.0940. The number of carbonyl (C=O) groups is 1. The zero-order valence-corrected chi connectivity index (χ0v) is 12.8. The van der Waals surface area contributed by atoms with Crippen molar-refractivity contribution in [3.63, 3.8) is 0 Å². The van der Waals surface area contributed by atoms with E-state index in [9.17, 15) is 4.79 Å². The highest BCUT2D eigenvalue weighted by molar-refractivity contribution is 5.99. The van der Waals surface area contributed by atoms with Crippen LogP contribution in [0.25, 0.3) is 0 Å². The van der Waals surface area contributed by atoms with Crippen LogP contribution in [-0.2, 0) is 0 Å². The Morgan fingerprint density at radius 1 is 1.30 bits per heavy atom. The minimum absolute atomic E-state index is 0.0381. The van der Waals surface area contributed by atoms with Crippen molar-refractivity contribution in [2.24, 2.45) is 11.3 Å². The molecule has 0 unspecified atom stereocenters. The molecule has 2 rings (SSSR count). The summed E-state index contributed by atoms with van der Waals surface area (Å²) < 4.78 is 0. The number of benzene rings is 1. The second-order valence-corrected chi connectivity index (χ2v) is 6.17. The maximum atomic E-state index is 12.4. The van der Waals surface area contributed by atoms with Crippen molar-refractivity contribution in [1.82, 2.24) is 5.32 Å². The van der Waals surface area contributed by atoms with Gasteiger partial charge in [0.25, 0.3) is 5.91 Å². The van der Waals surface area contributed by atoms with Gasteiger partial charge < -0.3 is 10.6 Å². The molecule has 0 spiro atoms. The highest BCUT2D eigenvalue weighted by Gasteiger charge is 2.45. The maximum absolute atomic E-state index is 12.4. The van der Waals surface area contributed by atoms with Gasteiger partial charge in [0.15, 0.2) is 0 Å². The Hall–Kier alpha value is -1.51. The fourth-order valence-corrected chi connectivity index (χ4v) is 2.57. The van der Waals surface area contributed by atoms with Gasteiger partial charge in [0, 0.05) is 18.8 Å². The predicted molar refractivity (Wildman–Crippen MR) is 84.1 cm³/mol. The van der Waals surface area contributed by atoms with E-state index >= 15 is 0 Å². The molecule has 1 aromatic rings. The molecule has 3 heteroatoms. The van der Waals surface area contributed by atoms with Crippen molar-refractivity contribution in [2.75, 3.05) is 18.4 Å². The Bertz CT molecular complexity index is 464. The molecule has 1 fully saturated rings. The standard InChI is InChI=1S/C17H26N2O/c1-4-11-18-15-8-6-5-7-14(15)16(20)19-12-17(9-10-17)13(2)3/h5-8,13,18H,4,9-12H2,1-3H3,(H,19,20). The largest absolute Gasteiger partial charge is 0.384 e. The van der Waals surface area contributed by atoms with Gasteiger partial charge in [0.2, 0.25) is 0 Å². The number of hydrogen-bond acceptors (Lipinski definition) is 2. The molecule has 110 valence electrons. The van der Waals surface area contributed by atoms with Crippen LogP contribution in [0.5, 0.6) is 0 Å². The number of anilines is 1. The van der Waals surface area contributed by atoms with Crippen molar-refractivity contribution in [1.29, 1.82) is 0 Å². The Labute approximate surface area is 122 Å². The molecule has 0 aromatic heterocycles. The van der Waals surface area contributed by atoms with Gasteiger partial charge in [-0.25, -0.2) is 0 Å². The van der Waals surface area contributed by atoms with Crippen molar-refractivity contribution in [3.8, 4) is 0 Å². The lowest BCUT2D eigenvalue weighted by Crippen LogP contribution is -2.33. The molecule has 0 heterocycles. The zero-order chi connectivity index (χ0) is 14.6. The number of para-hydroxylation sites is 1. The van der Waals surface area contributed by atoms with E-state index in [0.717, 1.165) is 30.8 Å². The third kappa shape index (κ3) is 3.33. The van der Waals surface area contributed by atoms with E-state index in [1.807, 2.05) is 24.3 Å². The SMILES string of the molecule is CCCNc1ccccc1C(=O)NCC1(C(C)C)CC1. The predicted octanol–water partition coefficient (Wildman–Crippen LogP) is 3.67. The van der Waals surface area contributed by atoms with Crippen LogP contribution in [0.2, 0.25) is 0 Å². The van der Waals surface area contributed by atoms with Crippen LogP contribution < -0.4 is 10.6 Å². The summed E-state index contributed by atoms with van der Waals surface area (Å²) in [5.74, 6) is 0.674. The third-order valence-corrected chi connectivity index (χ3v) is 4.46. The number of rotatable bonds is 7. The van der Waals surface area contributed by atoms with Crippen LogP contribution in [0, 0.1) is 11.3 Å². The first-order valence-electron chi connectivity index (χ1n) is 7.70. The molecule has 0 atom stereocenters. The Morgan fingerprint density at radius 2 is 2.00 bits per heavy atom. The average molecular weight is 274 g/mol. The highest BCUT2D eigenvalue weighted by atomic mass is 16.1. The number of carbonyl (C=O) groups excluding carboxylic acids is 1. The molecular weight excluding hydrogens is 248 g/mol. The van der Waals surface area contributed by atoms with Gasteiger partial charge in [-0.1, -0.05) is 32.9 Å². The number of nitrogens with one attached hydrogen (secondary N) is 2. The lowest BCUT2D eigenvalue weighted by Gasteiger charge is -2.20. The molecular formula is C17H26N2O.